The van der Waals surface area contributed by atoms with Crippen LogP contribution >= 0.6 is 0 Å². The molecule has 108 valence electrons. The highest BCUT2D eigenvalue weighted by atomic mass is 19.1. The van der Waals surface area contributed by atoms with Gasteiger partial charge in [-0.1, -0.05) is 6.07 Å². The van der Waals surface area contributed by atoms with E-state index in [0.29, 0.717) is 19.8 Å². The van der Waals surface area contributed by atoms with Crippen molar-refractivity contribution in [2.75, 3.05) is 34.0 Å². The Morgan fingerprint density at radius 1 is 1.26 bits per heavy atom. The summed E-state index contributed by atoms with van der Waals surface area (Å²) in [6.07, 6.45) is -0.176. The van der Waals surface area contributed by atoms with Crippen LogP contribution in [0.3, 0.4) is 0 Å². The number of rotatable bonds is 9. The molecule has 1 unspecified atom stereocenters. The van der Waals surface area contributed by atoms with E-state index in [1.54, 1.807) is 20.3 Å². The van der Waals surface area contributed by atoms with Crippen molar-refractivity contribution in [2.45, 2.75) is 19.6 Å². The van der Waals surface area contributed by atoms with Gasteiger partial charge >= 0.3 is 0 Å². The molecule has 1 aromatic carbocycles. The molecule has 0 bridgehead atoms. The van der Waals surface area contributed by atoms with Gasteiger partial charge in [0.15, 0.2) is 11.6 Å². The summed E-state index contributed by atoms with van der Waals surface area (Å²) in [6, 6.07) is 4.97. The Morgan fingerprint density at radius 2 is 2.05 bits per heavy atom. The summed E-state index contributed by atoms with van der Waals surface area (Å²) in [5.74, 6) is -0.0980. The van der Waals surface area contributed by atoms with E-state index in [-0.39, 0.29) is 17.7 Å². The average Bonchev–Trinajstić information content (AvgIpc) is 2.38. The number of methoxy groups -OCH3 is 2. The van der Waals surface area contributed by atoms with Gasteiger partial charge in [0.25, 0.3) is 0 Å². The first-order chi connectivity index (χ1) is 9.17. The van der Waals surface area contributed by atoms with Crippen molar-refractivity contribution in [1.82, 2.24) is 5.32 Å². The van der Waals surface area contributed by atoms with Crippen molar-refractivity contribution < 1.29 is 18.6 Å². The van der Waals surface area contributed by atoms with Crippen LogP contribution < -0.4 is 10.1 Å². The predicted octanol–water partition coefficient (Wildman–Crippen LogP) is 1.98. The van der Waals surface area contributed by atoms with Gasteiger partial charge in [-0.25, -0.2) is 4.39 Å². The monoisotopic (exact) mass is 271 g/mol. The van der Waals surface area contributed by atoms with E-state index in [9.17, 15) is 4.39 Å². The summed E-state index contributed by atoms with van der Waals surface area (Å²) in [7, 11) is 3.24. The lowest BCUT2D eigenvalue weighted by molar-refractivity contribution is 0.0892. The van der Waals surface area contributed by atoms with E-state index in [1.165, 1.54) is 6.07 Å². The predicted molar refractivity (Wildman–Crippen MR) is 71.9 cm³/mol. The number of benzene rings is 1. The standard InChI is InChI=1S/C14H22FNO3/c1-11(10-18-3)19-14-5-4-12(8-13(14)15)9-16-6-7-17-2/h4-5,8,11,16H,6-7,9-10H2,1-3H3. The molecule has 0 radical (unpaired) electrons. The largest absolute Gasteiger partial charge is 0.485 e. The van der Waals surface area contributed by atoms with Gasteiger partial charge in [0, 0.05) is 27.3 Å². The summed E-state index contributed by atoms with van der Waals surface area (Å²) >= 11 is 0. The SMILES string of the molecule is COCCNCc1ccc(OC(C)COC)c(F)c1. The number of hydrogen-bond acceptors (Lipinski definition) is 4. The van der Waals surface area contributed by atoms with Crippen LogP contribution in [0.1, 0.15) is 12.5 Å². The summed E-state index contributed by atoms with van der Waals surface area (Å²) in [6.45, 7) is 4.25. The Bertz CT molecular complexity index is 374. The summed E-state index contributed by atoms with van der Waals surface area (Å²) in [5.41, 5.74) is 0.875. The molecule has 1 N–H and O–H groups in total. The third-order valence-corrected chi connectivity index (χ3v) is 2.54. The van der Waals surface area contributed by atoms with Crippen molar-refractivity contribution in [3.63, 3.8) is 0 Å². The molecule has 0 aromatic heterocycles. The summed E-state index contributed by atoms with van der Waals surface area (Å²) in [5, 5.41) is 3.16. The van der Waals surface area contributed by atoms with Crippen LogP contribution in [0.4, 0.5) is 4.39 Å². The molecule has 0 saturated carbocycles. The molecule has 0 aliphatic rings. The zero-order chi connectivity index (χ0) is 14.1. The van der Waals surface area contributed by atoms with Gasteiger partial charge in [-0.15, -0.1) is 0 Å². The van der Waals surface area contributed by atoms with Crippen molar-refractivity contribution >= 4 is 0 Å². The molecule has 1 aromatic rings. The van der Waals surface area contributed by atoms with Crippen LogP contribution in [-0.4, -0.2) is 40.1 Å². The van der Waals surface area contributed by atoms with Gasteiger partial charge < -0.3 is 19.5 Å². The average molecular weight is 271 g/mol. The Labute approximate surface area is 113 Å². The minimum atomic E-state index is -0.353. The van der Waals surface area contributed by atoms with Gasteiger partial charge in [0.1, 0.15) is 6.10 Å². The first kappa shape index (κ1) is 15.9. The minimum Gasteiger partial charge on any atom is -0.485 e. The molecule has 1 rings (SSSR count). The second-order valence-corrected chi connectivity index (χ2v) is 4.32. The Kier molecular flexibility index (Phi) is 7.40. The van der Waals surface area contributed by atoms with Crippen molar-refractivity contribution in [1.29, 1.82) is 0 Å². The van der Waals surface area contributed by atoms with E-state index < -0.39 is 0 Å². The molecule has 5 heteroatoms. The van der Waals surface area contributed by atoms with Gasteiger partial charge in [-0.3, -0.25) is 0 Å². The van der Waals surface area contributed by atoms with Crippen molar-refractivity contribution in [3.05, 3.63) is 29.6 Å². The number of nitrogens with one attached hydrogen (secondary N) is 1. The number of ether oxygens (including phenoxy) is 3. The summed E-state index contributed by atoms with van der Waals surface area (Å²) in [4.78, 5) is 0. The molecule has 1 atom stereocenters. The van der Waals surface area contributed by atoms with Crippen LogP contribution in [0.5, 0.6) is 5.75 Å². The highest BCUT2D eigenvalue weighted by Crippen LogP contribution is 2.19. The van der Waals surface area contributed by atoms with E-state index >= 15 is 0 Å². The van der Waals surface area contributed by atoms with Crippen LogP contribution in [0.15, 0.2) is 18.2 Å². The molecule has 0 fully saturated rings. The molecule has 0 amide bonds. The maximum Gasteiger partial charge on any atom is 0.165 e. The van der Waals surface area contributed by atoms with Crippen molar-refractivity contribution in [2.24, 2.45) is 0 Å². The highest BCUT2D eigenvalue weighted by molar-refractivity contribution is 5.29. The minimum absolute atomic E-state index is 0.176. The lowest BCUT2D eigenvalue weighted by Crippen LogP contribution is -2.19. The molecule has 0 aliphatic carbocycles. The molecule has 0 aliphatic heterocycles. The van der Waals surface area contributed by atoms with E-state index in [1.807, 2.05) is 13.0 Å². The molecule has 19 heavy (non-hydrogen) atoms. The first-order valence-electron chi connectivity index (χ1n) is 6.31. The van der Waals surface area contributed by atoms with Crippen LogP contribution in [0.25, 0.3) is 0 Å². The maximum absolute atomic E-state index is 13.8. The topological polar surface area (TPSA) is 39.7 Å². The summed E-state index contributed by atoms with van der Waals surface area (Å²) < 4.78 is 29.1. The molecule has 0 saturated heterocycles. The van der Waals surface area contributed by atoms with Crippen molar-refractivity contribution in [3.8, 4) is 5.75 Å². The number of hydrogen-bond donors (Lipinski definition) is 1. The quantitative estimate of drug-likeness (QED) is 0.697. The van der Waals surface area contributed by atoms with Gasteiger partial charge in [-0.2, -0.15) is 0 Å². The van der Waals surface area contributed by atoms with Crippen LogP contribution in [0, 0.1) is 5.82 Å². The molecule has 0 heterocycles. The Balaban J connectivity index is 2.49. The fourth-order valence-electron chi connectivity index (χ4n) is 1.64. The normalized spacial score (nSPS) is 12.4. The van der Waals surface area contributed by atoms with Crippen LogP contribution in [0.2, 0.25) is 0 Å². The van der Waals surface area contributed by atoms with Gasteiger partial charge in [0.05, 0.1) is 13.2 Å². The fourth-order valence-corrected chi connectivity index (χ4v) is 1.64. The fraction of sp³-hybridized carbons (Fsp3) is 0.571. The van der Waals surface area contributed by atoms with Gasteiger partial charge in [0.2, 0.25) is 0 Å². The second kappa shape index (κ2) is 8.85. The zero-order valence-electron chi connectivity index (χ0n) is 11.7. The lowest BCUT2D eigenvalue weighted by atomic mass is 10.2. The van der Waals surface area contributed by atoms with E-state index in [4.69, 9.17) is 14.2 Å². The Hall–Kier alpha value is -1.17. The lowest BCUT2D eigenvalue weighted by Gasteiger charge is -2.14. The highest BCUT2D eigenvalue weighted by Gasteiger charge is 2.09. The molecule has 0 spiro atoms. The maximum atomic E-state index is 13.8. The smallest absolute Gasteiger partial charge is 0.165 e. The third kappa shape index (κ3) is 6.00. The molecular weight excluding hydrogens is 249 g/mol. The Morgan fingerprint density at radius 3 is 2.68 bits per heavy atom. The first-order valence-corrected chi connectivity index (χ1v) is 6.31. The molecular formula is C14H22FNO3. The van der Waals surface area contributed by atoms with Gasteiger partial charge in [-0.05, 0) is 24.6 Å². The van der Waals surface area contributed by atoms with E-state index in [2.05, 4.69) is 5.32 Å². The second-order valence-electron chi connectivity index (χ2n) is 4.32. The van der Waals surface area contributed by atoms with Crippen LogP contribution in [-0.2, 0) is 16.0 Å². The van der Waals surface area contributed by atoms with E-state index in [0.717, 1.165) is 12.1 Å². The molecule has 4 nitrogen and oxygen atoms in total. The zero-order valence-corrected chi connectivity index (χ0v) is 11.7. The number of halogens is 1. The third-order valence-electron chi connectivity index (χ3n) is 2.54.